The monoisotopic (exact) mass is 346 g/mol. The molecule has 0 aliphatic carbocycles. The fraction of sp³-hybridized carbons (Fsp3) is 1.00. The molecular formula is C20H42O4. The lowest BCUT2D eigenvalue weighted by Gasteiger charge is -2.07. The molecule has 0 fully saturated rings. The molecule has 0 unspecified atom stereocenters. The molecule has 0 atom stereocenters. The van der Waals surface area contributed by atoms with Gasteiger partial charge in [-0.25, -0.2) is 0 Å². The van der Waals surface area contributed by atoms with E-state index in [4.69, 9.17) is 18.9 Å². The van der Waals surface area contributed by atoms with Gasteiger partial charge in [-0.05, 0) is 51.4 Å². The number of rotatable bonds is 21. The maximum Gasteiger partial charge on any atom is 0.0700 e. The molecule has 0 aliphatic rings. The Balaban J connectivity index is 2.93. The standard InChI is InChI=1S/C20H42O4/c1-3-5-13-21-15-9-7-11-17-23-19-20-24-18-12-8-10-16-22-14-6-4-2/h3-20H2,1-2H3. The molecule has 0 rings (SSSR count). The third kappa shape index (κ3) is 21.8. The van der Waals surface area contributed by atoms with Crippen molar-refractivity contribution in [2.75, 3.05) is 52.9 Å². The van der Waals surface area contributed by atoms with Crippen LogP contribution in [0.15, 0.2) is 0 Å². The molecular weight excluding hydrogens is 304 g/mol. The molecule has 0 spiro atoms. The lowest BCUT2D eigenvalue weighted by atomic mass is 10.2. The normalized spacial score (nSPS) is 11.2. The third-order valence-electron chi connectivity index (χ3n) is 3.81. The molecule has 0 amide bonds. The first-order chi connectivity index (χ1) is 11.9. The zero-order valence-electron chi connectivity index (χ0n) is 16.4. The molecule has 146 valence electrons. The van der Waals surface area contributed by atoms with Crippen molar-refractivity contribution in [1.29, 1.82) is 0 Å². The van der Waals surface area contributed by atoms with Crippen LogP contribution in [0.25, 0.3) is 0 Å². The summed E-state index contributed by atoms with van der Waals surface area (Å²) < 4.78 is 22.2. The molecule has 24 heavy (non-hydrogen) atoms. The van der Waals surface area contributed by atoms with Crippen molar-refractivity contribution >= 4 is 0 Å². The van der Waals surface area contributed by atoms with Gasteiger partial charge in [0.2, 0.25) is 0 Å². The number of hydrogen-bond acceptors (Lipinski definition) is 4. The first kappa shape index (κ1) is 23.8. The first-order valence-corrected chi connectivity index (χ1v) is 10.2. The zero-order chi connectivity index (χ0) is 17.6. The van der Waals surface area contributed by atoms with Crippen LogP contribution in [0, 0.1) is 0 Å². The summed E-state index contributed by atoms with van der Waals surface area (Å²) in [6.07, 6.45) is 11.7. The first-order valence-electron chi connectivity index (χ1n) is 10.2. The number of ether oxygens (including phenoxy) is 4. The topological polar surface area (TPSA) is 36.9 Å². The summed E-state index contributed by atoms with van der Waals surface area (Å²) in [5, 5.41) is 0. The molecule has 0 heterocycles. The van der Waals surface area contributed by atoms with E-state index >= 15 is 0 Å². The molecule has 0 radical (unpaired) electrons. The Morgan fingerprint density at radius 2 is 0.625 bits per heavy atom. The van der Waals surface area contributed by atoms with Gasteiger partial charge in [-0.3, -0.25) is 0 Å². The van der Waals surface area contributed by atoms with Crippen molar-refractivity contribution in [3.05, 3.63) is 0 Å². The quantitative estimate of drug-likeness (QED) is 0.274. The predicted octanol–water partition coefficient (Wildman–Crippen LogP) is 4.99. The fourth-order valence-corrected chi connectivity index (χ4v) is 2.19. The van der Waals surface area contributed by atoms with E-state index in [9.17, 15) is 0 Å². The van der Waals surface area contributed by atoms with E-state index < -0.39 is 0 Å². The Hall–Kier alpha value is -0.160. The highest BCUT2D eigenvalue weighted by Gasteiger charge is 1.94. The van der Waals surface area contributed by atoms with Crippen LogP contribution in [-0.4, -0.2) is 52.9 Å². The van der Waals surface area contributed by atoms with Gasteiger partial charge in [-0.15, -0.1) is 0 Å². The largest absolute Gasteiger partial charge is 0.381 e. The van der Waals surface area contributed by atoms with Crippen molar-refractivity contribution in [2.24, 2.45) is 0 Å². The predicted molar refractivity (Wildman–Crippen MR) is 101 cm³/mol. The molecule has 0 bridgehead atoms. The average Bonchev–Trinajstić information content (AvgIpc) is 2.60. The molecule has 0 aliphatic heterocycles. The second kappa shape index (κ2) is 22.8. The molecule has 0 saturated carbocycles. The van der Waals surface area contributed by atoms with Crippen LogP contribution in [0.5, 0.6) is 0 Å². The maximum atomic E-state index is 5.58. The molecule has 0 aromatic heterocycles. The highest BCUT2D eigenvalue weighted by molar-refractivity contribution is 4.43. The van der Waals surface area contributed by atoms with Gasteiger partial charge in [0.25, 0.3) is 0 Å². The van der Waals surface area contributed by atoms with Gasteiger partial charge in [0, 0.05) is 39.6 Å². The van der Waals surface area contributed by atoms with Gasteiger partial charge in [-0.2, -0.15) is 0 Å². The van der Waals surface area contributed by atoms with Crippen LogP contribution in [0.4, 0.5) is 0 Å². The van der Waals surface area contributed by atoms with Crippen molar-refractivity contribution in [1.82, 2.24) is 0 Å². The summed E-state index contributed by atoms with van der Waals surface area (Å²) in [7, 11) is 0. The van der Waals surface area contributed by atoms with E-state index in [0.717, 1.165) is 65.3 Å². The lowest BCUT2D eigenvalue weighted by Crippen LogP contribution is -2.06. The fourth-order valence-electron chi connectivity index (χ4n) is 2.19. The number of hydrogen-bond donors (Lipinski definition) is 0. The van der Waals surface area contributed by atoms with Gasteiger partial charge < -0.3 is 18.9 Å². The van der Waals surface area contributed by atoms with Gasteiger partial charge in [0.05, 0.1) is 13.2 Å². The smallest absolute Gasteiger partial charge is 0.0700 e. The van der Waals surface area contributed by atoms with Crippen LogP contribution < -0.4 is 0 Å². The molecule has 0 aromatic rings. The molecule has 4 heteroatoms. The Morgan fingerprint density at radius 1 is 0.333 bits per heavy atom. The summed E-state index contributed by atoms with van der Waals surface area (Å²) in [6, 6.07) is 0. The van der Waals surface area contributed by atoms with Crippen LogP contribution in [0.3, 0.4) is 0 Å². The average molecular weight is 347 g/mol. The SMILES string of the molecule is CCCCOCCCCCOCCOCCCCCOCCCC. The summed E-state index contributed by atoms with van der Waals surface area (Å²) in [5.74, 6) is 0. The Morgan fingerprint density at radius 3 is 0.958 bits per heavy atom. The minimum absolute atomic E-state index is 0.715. The third-order valence-corrected chi connectivity index (χ3v) is 3.81. The molecule has 0 N–H and O–H groups in total. The van der Waals surface area contributed by atoms with Crippen LogP contribution >= 0.6 is 0 Å². The van der Waals surface area contributed by atoms with E-state index in [-0.39, 0.29) is 0 Å². The second-order valence-corrected chi connectivity index (χ2v) is 6.28. The van der Waals surface area contributed by atoms with Crippen LogP contribution in [0.1, 0.15) is 78.1 Å². The van der Waals surface area contributed by atoms with E-state index in [1.54, 1.807) is 0 Å². The minimum atomic E-state index is 0.715. The zero-order valence-corrected chi connectivity index (χ0v) is 16.4. The summed E-state index contributed by atoms with van der Waals surface area (Å²) in [6.45, 7) is 11.1. The highest BCUT2D eigenvalue weighted by Crippen LogP contribution is 1.99. The Kier molecular flexibility index (Phi) is 22.7. The van der Waals surface area contributed by atoms with Crippen LogP contribution in [-0.2, 0) is 18.9 Å². The Bertz CT molecular complexity index is 190. The highest BCUT2D eigenvalue weighted by atomic mass is 16.5. The molecule has 0 saturated heterocycles. The van der Waals surface area contributed by atoms with Crippen LogP contribution in [0.2, 0.25) is 0 Å². The van der Waals surface area contributed by atoms with Gasteiger partial charge in [0.1, 0.15) is 0 Å². The van der Waals surface area contributed by atoms with Crippen molar-refractivity contribution in [2.45, 2.75) is 78.1 Å². The van der Waals surface area contributed by atoms with E-state index in [1.807, 2.05) is 0 Å². The lowest BCUT2D eigenvalue weighted by molar-refractivity contribution is 0.0432. The molecule has 4 nitrogen and oxygen atoms in total. The van der Waals surface area contributed by atoms with Crippen molar-refractivity contribution in [3.8, 4) is 0 Å². The second-order valence-electron chi connectivity index (χ2n) is 6.28. The number of unbranched alkanes of at least 4 members (excludes halogenated alkanes) is 6. The summed E-state index contributed by atoms with van der Waals surface area (Å²) in [5.41, 5.74) is 0. The van der Waals surface area contributed by atoms with E-state index in [2.05, 4.69) is 13.8 Å². The Labute approximate surface area is 150 Å². The van der Waals surface area contributed by atoms with Gasteiger partial charge in [-0.1, -0.05) is 26.7 Å². The minimum Gasteiger partial charge on any atom is -0.381 e. The van der Waals surface area contributed by atoms with E-state index in [1.165, 1.54) is 38.5 Å². The van der Waals surface area contributed by atoms with Gasteiger partial charge >= 0.3 is 0 Å². The summed E-state index contributed by atoms with van der Waals surface area (Å²) in [4.78, 5) is 0. The van der Waals surface area contributed by atoms with Crippen molar-refractivity contribution in [3.63, 3.8) is 0 Å². The van der Waals surface area contributed by atoms with Gasteiger partial charge in [0.15, 0.2) is 0 Å². The summed E-state index contributed by atoms with van der Waals surface area (Å²) >= 11 is 0. The molecule has 0 aromatic carbocycles. The van der Waals surface area contributed by atoms with Crippen molar-refractivity contribution < 1.29 is 18.9 Å². The van der Waals surface area contributed by atoms with E-state index in [0.29, 0.717) is 13.2 Å². The maximum absolute atomic E-state index is 5.58.